The number of anilines is 1. The molecule has 3 aromatic rings. The molecule has 23 heavy (non-hydrogen) atoms. The van der Waals surface area contributed by atoms with Crippen molar-refractivity contribution in [2.75, 3.05) is 11.6 Å². The number of hydrogen-bond acceptors (Lipinski definition) is 5. The zero-order chi connectivity index (χ0) is 16.6. The Bertz CT molecular complexity index is 974. The van der Waals surface area contributed by atoms with Gasteiger partial charge in [-0.15, -0.1) is 0 Å². The van der Waals surface area contributed by atoms with Gasteiger partial charge in [0.25, 0.3) is 5.91 Å². The number of carbonyl (C=O) groups excluding carboxylic acids is 1. The predicted molar refractivity (Wildman–Crippen MR) is 91.9 cm³/mol. The highest BCUT2D eigenvalue weighted by Gasteiger charge is 2.16. The van der Waals surface area contributed by atoms with E-state index in [2.05, 4.69) is 10.3 Å². The number of aryl methyl sites for hydroxylation is 1. The van der Waals surface area contributed by atoms with Crippen LogP contribution in [0.15, 0.2) is 47.4 Å². The van der Waals surface area contributed by atoms with Crippen molar-refractivity contribution in [3.63, 3.8) is 0 Å². The number of thiazole rings is 1. The van der Waals surface area contributed by atoms with Gasteiger partial charge in [-0.25, -0.2) is 13.4 Å². The fourth-order valence-electron chi connectivity index (χ4n) is 2.17. The molecular formula is C16H14N2O3S2. The number of nitrogens with one attached hydrogen (secondary N) is 1. The van der Waals surface area contributed by atoms with Gasteiger partial charge in [0, 0.05) is 11.8 Å². The molecule has 0 radical (unpaired) electrons. The average Bonchev–Trinajstić information content (AvgIpc) is 2.88. The lowest BCUT2D eigenvalue weighted by atomic mass is 10.1. The van der Waals surface area contributed by atoms with Crippen molar-refractivity contribution in [3.8, 4) is 0 Å². The summed E-state index contributed by atoms with van der Waals surface area (Å²) in [6.07, 6.45) is 1.12. The summed E-state index contributed by atoms with van der Waals surface area (Å²) in [6.45, 7) is 1.76. The first-order chi connectivity index (χ1) is 10.8. The minimum atomic E-state index is -3.36. The fourth-order valence-corrected chi connectivity index (χ4v) is 3.67. The van der Waals surface area contributed by atoms with Crippen molar-refractivity contribution in [3.05, 3.63) is 53.6 Å². The monoisotopic (exact) mass is 346 g/mol. The number of nitrogens with zero attached hydrogens (tertiary/aromatic N) is 1. The van der Waals surface area contributed by atoms with E-state index in [4.69, 9.17) is 0 Å². The molecule has 0 aliphatic rings. The Morgan fingerprint density at radius 1 is 1.17 bits per heavy atom. The number of carbonyl (C=O) groups is 1. The maximum atomic E-state index is 12.5. The molecule has 0 spiro atoms. The molecule has 0 fully saturated rings. The van der Waals surface area contributed by atoms with Crippen LogP contribution in [0.5, 0.6) is 0 Å². The Kier molecular flexibility index (Phi) is 3.91. The van der Waals surface area contributed by atoms with Crippen LogP contribution in [0.1, 0.15) is 15.9 Å². The quantitative estimate of drug-likeness (QED) is 0.790. The molecule has 1 N–H and O–H groups in total. The summed E-state index contributed by atoms with van der Waals surface area (Å²) in [5, 5.41) is 3.23. The molecule has 0 aliphatic carbocycles. The summed E-state index contributed by atoms with van der Waals surface area (Å²) in [7, 11) is -3.36. The second-order valence-corrected chi connectivity index (χ2v) is 8.24. The number of hydrogen-bond donors (Lipinski definition) is 1. The summed E-state index contributed by atoms with van der Waals surface area (Å²) in [5.41, 5.74) is 1.85. The SMILES string of the molecule is Cc1ccc(S(C)(=O)=O)cc1C(=O)Nc1nc2ccccc2s1. The third-order valence-electron chi connectivity index (χ3n) is 3.40. The molecule has 7 heteroatoms. The van der Waals surface area contributed by atoms with Gasteiger partial charge in [-0.05, 0) is 36.8 Å². The molecule has 0 saturated carbocycles. The van der Waals surface area contributed by atoms with Crippen LogP contribution < -0.4 is 5.32 Å². The molecule has 118 valence electrons. The third kappa shape index (κ3) is 3.25. The second kappa shape index (κ2) is 5.75. The van der Waals surface area contributed by atoms with E-state index in [1.165, 1.54) is 23.5 Å². The lowest BCUT2D eigenvalue weighted by Gasteiger charge is -2.07. The van der Waals surface area contributed by atoms with Gasteiger partial charge in [-0.1, -0.05) is 29.5 Å². The predicted octanol–water partition coefficient (Wildman–Crippen LogP) is 3.26. The largest absolute Gasteiger partial charge is 0.298 e. The maximum absolute atomic E-state index is 12.5. The Labute approximate surface area is 137 Å². The van der Waals surface area contributed by atoms with Gasteiger partial charge in [0.15, 0.2) is 15.0 Å². The van der Waals surface area contributed by atoms with Crippen LogP contribution in [0.3, 0.4) is 0 Å². The van der Waals surface area contributed by atoms with Crippen molar-refractivity contribution in [1.29, 1.82) is 0 Å². The molecule has 1 heterocycles. The highest BCUT2D eigenvalue weighted by Crippen LogP contribution is 2.26. The molecular weight excluding hydrogens is 332 g/mol. The van der Waals surface area contributed by atoms with Crippen LogP contribution >= 0.6 is 11.3 Å². The number of para-hydroxylation sites is 1. The number of aromatic nitrogens is 1. The van der Waals surface area contributed by atoms with Crippen LogP contribution in [0, 0.1) is 6.92 Å². The number of fused-ring (bicyclic) bond motifs is 1. The summed E-state index contributed by atoms with van der Waals surface area (Å²) in [4.78, 5) is 16.9. The van der Waals surface area contributed by atoms with E-state index in [0.29, 0.717) is 16.3 Å². The fraction of sp³-hybridized carbons (Fsp3) is 0.125. The number of sulfone groups is 1. The zero-order valence-electron chi connectivity index (χ0n) is 12.5. The van der Waals surface area contributed by atoms with E-state index < -0.39 is 9.84 Å². The van der Waals surface area contributed by atoms with E-state index in [1.54, 1.807) is 13.0 Å². The minimum absolute atomic E-state index is 0.123. The third-order valence-corrected chi connectivity index (χ3v) is 5.46. The standard InChI is InChI=1S/C16H14N2O3S2/c1-10-7-8-11(23(2,20)21)9-12(10)15(19)18-16-17-13-5-3-4-6-14(13)22-16/h3-9H,1-2H3,(H,17,18,19). The van der Waals surface area contributed by atoms with E-state index in [-0.39, 0.29) is 10.8 Å². The van der Waals surface area contributed by atoms with Crippen LogP contribution in [0.4, 0.5) is 5.13 Å². The lowest BCUT2D eigenvalue weighted by Crippen LogP contribution is -2.14. The normalized spacial score (nSPS) is 11.6. The minimum Gasteiger partial charge on any atom is -0.298 e. The number of benzene rings is 2. The Morgan fingerprint density at radius 3 is 2.61 bits per heavy atom. The summed E-state index contributed by atoms with van der Waals surface area (Å²) in [5.74, 6) is -0.368. The van der Waals surface area contributed by atoms with E-state index in [0.717, 1.165) is 16.5 Å². The molecule has 5 nitrogen and oxygen atoms in total. The van der Waals surface area contributed by atoms with Crippen LogP contribution in [-0.2, 0) is 9.84 Å². The first kappa shape index (κ1) is 15.6. The van der Waals surface area contributed by atoms with Crippen molar-refractivity contribution in [2.24, 2.45) is 0 Å². The van der Waals surface area contributed by atoms with Crippen molar-refractivity contribution < 1.29 is 13.2 Å². The highest BCUT2D eigenvalue weighted by atomic mass is 32.2. The Hall–Kier alpha value is -2.25. The Balaban J connectivity index is 1.94. The molecule has 3 rings (SSSR count). The van der Waals surface area contributed by atoms with Crippen LogP contribution in [0.25, 0.3) is 10.2 Å². The van der Waals surface area contributed by atoms with Crippen molar-refractivity contribution in [1.82, 2.24) is 4.98 Å². The smallest absolute Gasteiger partial charge is 0.257 e. The molecule has 0 bridgehead atoms. The van der Waals surface area contributed by atoms with Gasteiger partial charge >= 0.3 is 0 Å². The van der Waals surface area contributed by atoms with Crippen LogP contribution in [-0.4, -0.2) is 25.6 Å². The molecule has 1 amide bonds. The van der Waals surface area contributed by atoms with E-state index in [1.807, 2.05) is 24.3 Å². The molecule has 0 saturated heterocycles. The van der Waals surface area contributed by atoms with Gasteiger partial charge in [-0.2, -0.15) is 0 Å². The zero-order valence-corrected chi connectivity index (χ0v) is 14.2. The van der Waals surface area contributed by atoms with Crippen molar-refractivity contribution >= 4 is 42.4 Å². The van der Waals surface area contributed by atoms with E-state index in [9.17, 15) is 13.2 Å². The maximum Gasteiger partial charge on any atom is 0.257 e. The van der Waals surface area contributed by atoms with Gasteiger partial charge in [0.05, 0.1) is 15.1 Å². The lowest BCUT2D eigenvalue weighted by molar-refractivity contribution is 0.102. The highest BCUT2D eigenvalue weighted by molar-refractivity contribution is 7.90. The van der Waals surface area contributed by atoms with Crippen LogP contribution in [0.2, 0.25) is 0 Å². The first-order valence-electron chi connectivity index (χ1n) is 6.82. The number of amides is 1. The summed E-state index contributed by atoms with van der Waals surface area (Å²) in [6, 6.07) is 12.1. The van der Waals surface area contributed by atoms with Gasteiger partial charge in [0.1, 0.15) is 0 Å². The average molecular weight is 346 g/mol. The molecule has 0 aliphatic heterocycles. The molecule has 2 aromatic carbocycles. The topological polar surface area (TPSA) is 76.1 Å². The first-order valence-corrected chi connectivity index (χ1v) is 9.53. The molecule has 1 aromatic heterocycles. The summed E-state index contributed by atoms with van der Waals surface area (Å²) < 4.78 is 24.3. The molecule has 0 atom stereocenters. The van der Waals surface area contributed by atoms with Gasteiger partial charge < -0.3 is 0 Å². The van der Waals surface area contributed by atoms with Gasteiger partial charge in [-0.3, -0.25) is 10.1 Å². The second-order valence-electron chi connectivity index (χ2n) is 5.19. The number of rotatable bonds is 3. The van der Waals surface area contributed by atoms with E-state index >= 15 is 0 Å². The molecule has 0 unspecified atom stereocenters. The Morgan fingerprint density at radius 2 is 1.91 bits per heavy atom. The van der Waals surface area contributed by atoms with Crippen molar-refractivity contribution in [2.45, 2.75) is 11.8 Å². The summed E-state index contributed by atoms with van der Waals surface area (Å²) >= 11 is 1.37. The van der Waals surface area contributed by atoms with Gasteiger partial charge in [0.2, 0.25) is 0 Å².